The van der Waals surface area contributed by atoms with Crippen molar-refractivity contribution in [1.82, 2.24) is 14.8 Å². The number of rotatable bonds is 6. The second-order valence-corrected chi connectivity index (χ2v) is 5.42. The summed E-state index contributed by atoms with van der Waals surface area (Å²) in [4.78, 5) is 10.7. The zero-order chi connectivity index (χ0) is 14.5. The highest BCUT2D eigenvalue weighted by Gasteiger charge is 2.18. The predicted octanol–water partition coefficient (Wildman–Crippen LogP) is 3.09. The van der Waals surface area contributed by atoms with Crippen LogP contribution in [-0.4, -0.2) is 31.6 Å². The molecule has 2 aromatic rings. The molecular weight excluding hydrogens is 274 g/mol. The summed E-state index contributed by atoms with van der Waals surface area (Å²) >= 11 is 1.20. The van der Waals surface area contributed by atoms with E-state index >= 15 is 0 Å². The largest absolute Gasteiger partial charge is 0.481 e. The molecule has 0 radical (unpaired) electrons. The van der Waals surface area contributed by atoms with E-state index in [2.05, 4.69) is 24.0 Å². The highest BCUT2D eigenvalue weighted by molar-refractivity contribution is 7.99. The summed E-state index contributed by atoms with van der Waals surface area (Å²) in [5.41, 5.74) is 0.988. The molecule has 1 aromatic heterocycles. The second-order valence-electron chi connectivity index (χ2n) is 4.48. The van der Waals surface area contributed by atoms with Crippen LogP contribution in [0.15, 0.2) is 35.5 Å². The minimum absolute atomic E-state index is 0.0106. The molecule has 1 heterocycles. The Kier molecular flexibility index (Phi) is 4.79. The molecule has 0 fully saturated rings. The van der Waals surface area contributed by atoms with Gasteiger partial charge in [-0.3, -0.25) is 9.36 Å². The molecule has 2 rings (SSSR count). The molecule has 1 aromatic carbocycles. The maximum atomic E-state index is 10.7. The normalized spacial score (nSPS) is 12.3. The summed E-state index contributed by atoms with van der Waals surface area (Å²) in [7, 11) is 0. The third-order valence-corrected chi connectivity index (χ3v) is 3.98. The van der Waals surface area contributed by atoms with Crippen molar-refractivity contribution in [2.45, 2.75) is 31.5 Å². The van der Waals surface area contributed by atoms with E-state index in [9.17, 15) is 4.79 Å². The van der Waals surface area contributed by atoms with Crippen molar-refractivity contribution in [3.05, 3.63) is 30.3 Å². The van der Waals surface area contributed by atoms with Gasteiger partial charge in [0, 0.05) is 11.6 Å². The summed E-state index contributed by atoms with van der Waals surface area (Å²) in [6, 6.07) is 10.0. The maximum absolute atomic E-state index is 10.7. The minimum Gasteiger partial charge on any atom is -0.481 e. The van der Waals surface area contributed by atoms with Gasteiger partial charge in [-0.2, -0.15) is 0 Å². The molecule has 1 N–H and O–H groups in total. The third-order valence-electron chi connectivity index (χ3n) is 3.05. The van der Waals surface area contributed by atoms with Crippen LogP contribution in [-0.2, 0) is 4.79 Å². The molecule has 0 amide bonds. The lowest BCUT2D eigenvalue weighted by Gasteiger charge is -2.16. The van der Waals surface area contributed by atoms with Crippen molar-refractivity contribution in [1.29, 1.82) is 0 Å². The number of hydrogen-bond acceptors (Lipinski definition) is 4. The Balaban J connectivity index is 2.40. The van der Waals surface area contributed by atoms with E-state index < -0.39 is 5.97 Å². The van der Waals surface area contributed by atoms with Crippen molar-refractivity contribution in [3.8, 4) is 11.4 Å². The number of nitrogens with zero attached hydrogens (tertiary/aromatic N) is 3. The third kappa shape index (κ3) is 3.19. The number of aromatic nitrogens is 3. The molecule has 0 spiro atoms. The number of aliphatic carboxylic acids is 1. The second kappa shape index (κ2) is 6.56. The van der Waals surface area contributed by atoms with Gasteiger partial charge in [0.25, 0.3) is 0 Å². The van der Waals surface area contributed by atoms with E-state index in [4.69, 9.17) is 5.11 Å². The number of carboxylic acids is 1. The van der Waals surface area contributed by atoms with Crippen LogP contribution in [0.3, 0.4) is 0 Å². The summed E-state index contributed by atoms with van der Waals surface area (Å²) in [5, 5.41) is 17.8. The van der Waals surface area contributed by atoms with Crippen LogP contribution in [0.5, 0.6) is 0 Å². The fraction of sp³-hybridized carbons (Fsp3) is 0.357. The first-order valence-electron chi connectivity index (χ1n) is 6.48. The molecular formula is C14H17N3O2S. The number of hydrogen-bond donors (Lipinski definition) is 1. The van der Waals surface area contributed by atoms with Crippen LogP contribution in [0.1, 0.15) is 26.3 Å². The molecule has 0 saturated carbocycles. The average Bonchev–Trinajstić information content (AvgIpc) is 2.89. The van der Waals surface area contributed by atoms with Gasteiger partial charge in [0.15, 0.2) is 11.0 Å². The Morgan fingerprint density at radius 2 is 2.05 bits per heavy atom. The van der Waals surface area contributed by atoms with Crippen molar-refractivity contribution in [3.63, 3.8) is 0 Å². The lowest BCUT2D eigenvalue weighted by molar-refractivity contribution is -0.133. The van der Waals surface area contributed by atoms with Gasteiger partial charge in [0.2, 0.25) is 0 Å². The first-order valence-corrected chi connectivity index (χ1v) is 7.47. The topological polar surface area (TPSA) is 68.0 Å². The van der Waals surface area contributed by atoms with Gasteiger partial charge >= 0.3 is 5.97 Å². The summed E-state index contributed by atoms with van der Waals surface area (Å²) in [5.74, 6) is -0.0774. The van der Waals surface area contributed by atoms with Gasteiger partial charge in [0.1, 0.15) is 0 Å². The van der Waals surface area contributed by atoms with E-state index in [1.165, 1.54) is 11.8 Å². The molecule has 0 unspecified atom stereocenters. The fourth-order valence-corrected chi connectivity index (χ4v) is 2.62. The standard InChI is InChI=1S/C14H17N3O2S/c1-3-10(2)17-13(11-7-5-4-6-8-11)15-16-14(17)20-9-12(18)19/h4-8,10H,3,9H2,1-2H3,(H,18,19)/t10-/m0/s1. The van der Waals surface area contributed by atoms with Crippen LogP contribution in [0.25, 0.3) is 11.4 Å². The van der Waals surface area contributed by atoms with Gasteiger partial charge in [-0.05, 0) is 13.3 Å². The minimum atomic E-state index is -0.852. The molecule has 0 aliphatic rings. The Morgan fingerprint density at radius 3 is 2.65 bits per heavy atom. The van der Waals surface area contributed by atoms with Crippen LogP contribution in [0.2, 0.25) is 0 Å². The average molecular weight is 291 g/mol. The highest BCUT2D eigenvalue weighted by Crippen LogP contribution is 2.28. The summed E-state index contributed by atoms with van der Waals surface area (Å²) in [6.07, 6.45) is 0.929. The molecule has 1 atom stereocenters. The van der Waals surface area contributed by atoms with Crippen LogP contribution >= 0.6 is 11.8 Å². The number of thioether (sulfide) groups is 1. The van der Waals surface area contributed by atoms with Crippen molar-refractivity contribution in [2.75, 3.05) is 5.75 Å². The first kappa shape index (κ1) is 14.6. The number of carboxylic acid groups (broad SMARTS) is 1. The van der Waals surface area contributed by atoms with Gasteiger partial charge in [-0.1, -0.05) is 49.0 Å². The van der Waals surface area contributed by atoms with Gasteiger partial charge < -0.3 is 5.11 Å². The zero-order valence-corrected chi connectivity index (χ0v) is 12.3. The molecule has 0 bridgehead atoms. The molecule has 0 aliphatic heterocycles. The summed E-state index contributed by atoms with van der Waals surface area (Å²) < 4.78 is 2.02. The lowest BCUT2D eigenvalue weighted by Crippen LogP contribution is -2.09. The monoisotopic (exact) mass is 291 g/mol. The first-order chi connectivity index (χ1) is 9.63. The molecule has 106 valence electrons. The SMILES string of the molecule is CC[C@H](C)n1c(SCC(=O)O)nnc1-c1ccccc1. The Morgan fingerprint density at radius 1 is 1.35 bits per heavy atom. The van der Waals surface area contributed by atoms with Gasteiger partial charge in [-0.25, -0.2) is 0 Å². The predicted molar refractivity (Wildman–Crippen MR) is 78.8 cm³/mol. The molecule has 6 heteroatoms. The van der Waals surface area contributed by atoms with E-state index in [1.807, 2.05) is 34.9 Å². The van der Waals surface area contributed by atoms with Crippen molar-refractivity contribution < 1.29 is 9.90 Å². The molecule has 0 aliphatic carbocycles. The zero-order valence-electron chi connectivity index (χ0n) is 11.5. The lowest BCUT2D eigenvalue weighted by atomic mass is 10.2. The van der Waals surface area contributed by atoms with E-state index in [0.717, 1.165) is 17.8 Å². The van der Waals surface area contributed by atoms with E-state index in [1.54, 1.807) is 0 Å². The fourth-order valence-electron chi connectivity index (χ4n) is 1.87. The Labute approximate surface area is 122 Å². The van der Waals surface area contributed by atoms with Crippen LogP contribution in [0, 0.1) is 0 Å². The summed E-state index contributed by atoms with van der Waals surface area (Å²) in [6.45, 7) is 4.17. The molecule has 5 nitrogen and oxygen atoms in total. The van der Waals surface area contributed by atoms with Crippen LogP contribution in [0.4, 0.5) is 0 Å². The molecule has 20 heavy (non-hydrogen) atoms. The number of benzene rings is 1. The van der Waals surface area contributed by atoms with Gasteiger partial charge in [-0.15, -0.1) is 10.2 Å². The van der Waals surface area contributed by atoms with Crippen molar-refractivity contribution in [2.24, 2.45) is 0 Å². The van der Waals surface area contributed by atoms with Crippen molar-refractivity contribution >= 4 is 17.7 Å². The van der Waals surface area contributed by atoms with E-state index in [0.29, 0.717) is 5.16 Å². The Hall–Kier alpha value is -1.82. The van der Waals surface area contributed by atoms with E-state index in [-0.39, 0.29) is 11.8 Å². The van der Waals surface area contributed by atoms with Gasteiger partial charge in [0.05, 0.1) is 5.75 Å². The maximum Gasteiger partial charge on any atom is 0.313 e. The number of carbonyl (C=O) groups is 1. The highest BCUT2D eigenvalue weighted by atomic mass is 32.2. The Bertz CT molecular complexity index is 583. The smallest absolute Gasteiger partial charge is 0.313 e. The van der Waals surface area contributed by atoms with Crippen LogP contribution < -0.4 is 0 Å². The quantitative estimate of drug-likeness (QED) is 0.828. The molecule has 0 saturated heterocycles.